The molecule has 1 unspecified atom stereocenters. The quantitative estimate of drug-likeness (QED) is 0.821. The van der Waals surface area contributed by atoms with E-state index < -0.39 is 0 Å². The van der Waals surface area contributed by atoms with Crippen molar-refractivity contribution in [1.82, 2.24) is 4.90 Å². The van der Waals surface area contributed by atoms with E-state index in [-0.39, 0.29) is 0 Å². The lowest BCUT2D eigenvalue weighted by Crippen LogP contribution is -2.41. The van der Waals surface area contributed by atoms with Gasteiger partial charge in [0, 0.05) is 30.8 Å². The topological polar surface area (TPSA) is 47.7 Å². The van der Waals surface area contributed by atoms with Crippen LogP contribution in [0.3, 0.4) is 0 Å². The van der Waals surface area contributed by atoms with E-state index in [4.69, 9.17) is 15.2 Å². The molecule has 0 heterocycles. The van der Waals surface area contributed by atoms with Crippen molar-refractivity contribution < 1.29 is 9.47 Å². The molecule has 0 spiro atoms. The first-order valence-electron chi connectivity index (χ1n) is 6.64. The number of nitrogens with two attached hydrogens (primary N) is 1. The lowest BCUT2D eigenvalue weighted by Gasteiger charge is -2.30. The van der Waals surface area contributed by atoms with Crippen molar-refractivity contribution in [2.45, 2.75) is 26.4 Å². The van der Waals surface area contributed by atoms with Gasteiger partial charge in [0.15, 0.2) is 0 Å². The Balaban J connectivity index is 2.86. The summed E-state index contributed by atoms with van der Waals surface area (Å²) >= 11 is 0. The van der Waals surface area contributed by atoms with Crippen LogP contribution in [0.25, 0.3) is 0 Å². The zero-order chi connectivity index (χ0) is 14.4. The zero-order valence-electron chi connectivity index (χ0n) is 12.6. The molecule has 4 heteroatoms. The van der Waals surface area contributed by atoms with Crippen LogP contribution < -0.4 is 15.2 Å². The number of ether oxygens (including phenoxy) is 2. The van der Waals surface area contributed by atoms with Crippen LogP contribution in [0.15, 0.2) is 18.2 Å². The van der Waals surface area contributed by atoms with E-state index in [1.807, 2.05) is 18.2 Å². The summed E-state index contributed by atoms with van der Waals surface area (Å²) in [6, 6.07) is 6.28. The maximum absolute atomic E-state index is 5.85. The first-order valence-corrected chi connectivity index (χ1v) is 6.64. The van der Waals surface area contributed by atoms with Gasteiger partial charge in [0.1, 0.15) is 11.5 Å². The van der Waals surface area contributed by atoms with Gasteiger partial charge in [-0.15, -0.1) is 0 Å². The number of methoxy groups -OCH3 is 2. The van der Waals surface area contributed by atoms with E-state index in [9.17, 15) is 0 Å². The SMILES string of the molecule is COc1ccc(CN(C)C(CN)C(C)C)c(OC)c1. The highest BCUT2D eigenvalue weighted by molar-refractivity contribution is 5.40. The van der Waals surface area contributed by atoms with E-state index in [0.717, 1.165) is 23.6 Å². The Morgan fingerprint density at radius 2 is 1.89 bits per heavy atom. The molecule has 0 fully saturated rings. The molecule has 2 N–H and O–H groups in total. The minimum Gasteiger partial charge on any atom is -0.497 e. The third-order valence-corrected chi connectivity index (χ3v) is 3.49. The summed E-state index contributed by atoms with van der Waals surface area (Å²) in [6.45, 7) is 5.86. The van der Waals surface area contributed by atoms with Gasteiger partial charge in [-0.25, -0.2) is 0 Å². The third-order valence-electron chi connectivity index (χ3n) is 3.49. The minimum atomic E-state index is 0.367. The average molecular weight is 266 g/mol. The maximum atomic E-state index is 5.85. The molecule has 0 bridgehead atoms. The summed E-state index contributed by atoms with van der Waals surface area (Å²) in [5.74, 6) is 2.19. The monoisotopic (exact) mass is 266 g/mol. The second kappa shape index (κ2) is 7.36. The predicted octanol–water partition coefficient (Wildman–Crippen LogP) is 2.12. The third kappa shape index (κ3) is 4.11. The highest BCUT2D eigenvalue weighted by Crippen LogP contribution is 2.26. The van der Waals surface area contributed by atoms with Crippen molar-refractivity contribution in [1.29, 1.82) is 0 Å². The maximum Gasteiger partial charge on any atom is 0.127 e. The second-order valence-electron chi connectivity index (χ2n) is 5.14. The van der Waals surface area contributed by atoms with Gasteiger partial charge < -0.3 is 15.2 Å². The van der Waals surface area contributed by atoms with Crippen LogP contribution in [0, 0.1) is 5.92 Å². The smallest absolute Gasteiger partial charge is 0.127 e. The van der Waals surface area contributed by atoms with E-state index in [2.05, 4.69) is 25.8 Å². The highest BCUT2D eigenvalue weighted by Gasteiger charge is 2.18. The summed E-state index contributed by atoms with van der Waals surface area (Å²) in [5, 5.41) is 0. The summed E-state index contributed by atoms with van der Waals surface area (Å²) < 4.78 is 10.6. The van der Waals surface area contributed by atoms with Crippen LogP contribution in [-0.2, 0) is 6.54 Å². The van der Waals surface area contributed by atoms with E-state index in [1.54, 1.807) is 14.2 Å². The Morgan fingerprint density at radius 3 is 2.37 bits per heavy atom. The molecule has 19 heavy (non-hydrogen) atoms. The first kappa shape index (κ1) is 15.8. The molecule has 1 atom stereocenters. The van der Waals surface area contributed by atoms with Crippen LogP contribution in [0.1, 0.15) is 19.4 Å². The largest absolute Gasteiger partial charge is 0.497 e. The van der Waals surface area contributed by atoms with Gasteiger partial charge in [-0.2, -0.15) is 0 Å². The Bertz CT molecular complexity index is 394. The Kier molecular flexibility index (Phi) is 6.12. The van der Waals surface area contributed by atoms with Crippen molar-refractivity contribution in [2.75, 3.05) is 27.8 Å². The molecule has 1 aromatic carbocycles. The van der Waals surface area contributed by atoms with Crippen molar-refractivity contribution in [3.63, 3.8) is 0 Å². The molecule has 0 saturated carbocycles. The van der Waals surface area contributed by atoms with E-state index in [0.29, 0.717) is 18.5 Å². The number of hydrogen-bond donors (Lipinski definition) is 1. The van der Waals surface area contributed by atoms with Crippen LogP contribution in [0.5, 0.6) is 11.5 Å². The molecule has 0 aliphatic rings. The fraction of sp³-hybridized carbons (Fsp3) is 0.600. The molecule has 108 valence electrons. The molecular formula is C15H26N2O2. The Hall–Kier alpha value is -1.26. The zero-order valence-corrected chi connectivity index (χ0v) is 12.6. The van der Waals surface area contributed by atoms with Gasteiger partial charge in [0.2, 0.25) is 0 Å². The fourth-order valence-corrected chi connectivity index (χ4v) is 2.33. The normalized spacial score (nSPS) is 12.8. The van der Waals surface area contributed by atoms with Gasteiger partial charge in [-0.05, 0) is 19.0 Å². The predicted molar refractivity (Wildman–Crippen MR) is 78.7 cm³/mol. The fourth-order valence-electron chi connectivity index (χ4n) is 2.33. The molecular weight excluding hydrogens is 240 g/mol. The number of benzene rings is 1. The van der Waals surface area contributed by atoms with Gasteiger partial charge in [-0.1, -0.05) is 19.9 Å². The van der Waals surface area contributed by atoms with Crippen molar-refractivity contribution >= 4 is 0 Å². The number of hydrogen-bond acceptors (Lipinski definition) is 4. The molecule has 4 nitrogen and oxygen atoms in total. The molecule has 0 aliphatic carbocycles. The van der Waals surface area contributed by atoms with Gasteiger partial charge in [0.05, 0.1) is 14.2 Å². The van der Waals surface area contributed by atoms with Gasteiger partial charge in [-0.3, -0.25) is 4.90 Å². The molecule has 0 radical (unpaired) electrons. The van der Waals surface area contributed by atoms with Gasteiger partial charge in [0.25, 0.3) is 0 Å². The van der Waals surface area contributed by atoms with E-state index in [1.165, 1.54) is 0 Å². The molecule has 0 saturated heterocycles. The number of rotatable bonds is 7. The van der Waals surface area contributed by atoms with Crippen LogP contribution in [0.2, 0.25) is 0 Å². The standard InChI is InChI=1S/C15H26N2O2/c1-11(2)14(9-16)17(3)10-12-6-7-13(18-4)8-15(12)19-5/h6-8,11,14H,9-10,16H2,1-5H3. The summed E-state index contributed by atoms with van der Waals surface area (Å²) in [7, 11) is 5.44. The molecule has 0 aromatic heterocycles. The Labute approximate surface area is 116 Å². The molecule has 1 aromatic rings. The van der Waals surface area contributed by atoms with Gasteiger partial charge >= 0.3 is 0 Å². The van der Waals surface area contributed by atoms with Crippen molar-refractivity contribution in [3.05, 3.63) is 23.8 Å². The Morgan fingerprint density at radius 1 is 1.21 bits per heavy atom. The second-order valence-corrected chi connectivity index (χ2v) is 5.14. The van der Waals surface area contributed by atoms with Crippen LogP contribution in [-0.4, -0.2) is 38.8 Å². The summed E-state index contributed by atoms with van der Waals surface area (Å²) in [4.78, 5) is 2.27. The molecule has 1 rings (SSSR count). The molecule has 0 aliphatic heterocycles. The van der Waals surface area contributed by atoms with E-state index >= 15 is 0 Å². The first-order chi connectivity index (χ1) is 9.03. The minimum absolute atomic E-state index is 0.367. The summed E-state index contributed by atoms with van der Waals surface area (Å²) in [5.41, 5.74) is 6.99. The molecule has 0 amide bonds. The lowest BCUT2D eigenvalue weighted by atomic mass is 10.0. The number of nitrogens with zero attached hydrogens (tertiary/aromatic N) is 1. The average Bonchev–Trinajstić information content (AvgIpc) is 2.39. The van der Waals surface area contributed by atoms with Crippen molar-refractivity contribution in [2.24, 2.45) is 11.7 Å². The van der Waals surface area contributed by atoms with Crippen molar-refractivity contribution in [3.8, 4) is 11.5 Å². The highest BCUT2D eigenvalue weighted by atomic mass is 16.5. The van der Waals surface area contributed by atoms with Crippen LogP contribution >= 0.6 is 0 Å². The number of likely N-dealkylation sites (N-methyl/N-ethyl adjacent to an activating group) is 1. The lowest BCUT2D eigenvalue weighted by molar-refractivity contribution is 0.188. The van der Waals surface area contributed by atoms with Crippen LogP contribution in [0.4, 0.5) is 0 Å². The summed E-state index contributed by atoms with van der Waals surface area (Å²) in [6.07, 6.45) is 0.